The van der Waals surface area contributed by atoms with Gasteiger partial charge in [0.1, 0.15) is 9.88 Å². The van der Waals surface area contributed by atoms with Crippen LogP contribution in [0.4, 0.5) is 20.3 Å². The average Bonchev–Trinajstić information content (AvgIpc) is 3.18. The summed E-state index contributed by atoms with van der Waals surface area (Å²) >= 11 is 2.57. The van der Waals surface area contributed by atoms with Crippen LogP contribution in [-0.2, 0) is 55.0 Å². The predicted octanol–water partition coefficient (Wildman–Crippen LogP) is 3.97. The summed E-state index contributed by atoms with van der Waals surface area (Å²) < 4.78 is 0. The molecule has 2 heterocycles. The number of carbonyl (C=O) groups excluding carboxylic acids is 4. The normalized spacial score (nSPS) is 8.06. The number of nitrogens with one attached hydrogen (secondary N) is 2. The molecule has 0 saturated heterocycles. The largest absolute Gasteiger partial charge is 0.366 e. The second-order valence-electron chi connectivity index (χ2n) is 5.33. The monoisotopic (exact) mass is 856 g/mol. The van der Waals surface area contributed by atoms with Gasteiger partial charge in [0.15, 0.2) is 0 Å². The van der Waals surface area contributed by atoms with E-state index in [-0.39, 0.29) is 71.8 Å². The van der Waals surface area contributed by atoms with Crippen molar-refractivity contribution in [1.82, 2.24) is 0 Å². The van der Waals surface area contributed by atoms with Crippen LogP contribution in [0.5, 0.6) is 0 Å². The first-order valence-corrected chi connectivity index (χ1v) is 9.70. The number of urea groups is 2. The molecule has 14 heteroatoms. The second-order valence-corrected chi connectivity index (χ2v) is 7.60. The zero-order valence-corrected chi connectivity index (χ0v) is 25.6. The van der Waals surface area contributed by atoms with E-state index in [0.717, 1.165) is 22.6 Å². The van der Waals surface area contributed by atoms with Crippen molar-refractivity contribution in [1.29, 1.82) is 0 Å². The van der Waals surface area contributed by atoms with Crippen molar-refractivity contribution < 1.29 is 61.3 Å². The molecule has 6 amide bonds. The number of amides is 6. The number of rotatable bonds is 6. The molecule has 0 aliphatic heterocycles. The third-order valence-electron chi connectivity index (χ3n) is 3.25. The van der Waals surface area contributed by atoms with Gasteiger partial charge >= 0.3 is 12.1 Å². The van der Waals surface area contributed by atoms with Crippen molar-refractivity contribution in [3.05, 3.63) is 47.2 Å². The number of carbonyl (C=O) groups is 4. The van der Waals surface area contributed by atoms with E-state index in [2.05, 4.69) is 10.6 Å². The van der Waals surface area contributed by atoms with Crippen molar-refractivity contribution in [2.24, 2.45) is 22.9 Å². The molecule has 0 aliphatic rings. The topological polar surface area (TPSA) is 196 Å². The maximum Gasteiger partial charge on any atom is 0.317 e. The Balaban J connectivity index is -0.0000000980. The molecule has 10 nitrogen and oxygen atoms in total. The molecule has 196 valence electrons. The fraction of sp³-hybridized carbons (Fsp3) is 0.300. The molecule has 0 atom stereocenters. The molecule has 2 aromatic rings. The predicted molar refractivity (Wildman–Crippen MR) is 137 cm³/mol. The molecule has 0 bridgehead atoms. The molecule has 0 unspecified atom stereocenters. The first kappa shape index (κ1) is 45.7. The summed E-state index contributed by atoms with van der Waals surface area (Å²) in [5, 5.41) is 5.14. The molecule has 2 rings (SSSR count). The van der Waals surface area contributed by atoms with Crippen LogP contribution in [-0.4, -0.2) is 23.9 Å². The Labute approximate surface area is 239 Å². The standard InChI is InChI=1S/2C8H11N3O2S.2CH4.2CH3.2W/c1-2-4-3-5(11-8(10)13)6(14-4)7(9)12;1-2-4-3-5(6(9)12)7(14-4)11-8(10)13;;;;;;/h2*3H,2H2,1H3,(H2,9,12)(H3,10,11,13);2*1H4;2*1H3;;/q;;;;2*-1;;. The Bertz CT molecular complexity index is 832. The molecule has 2 aromatic heterocycles. The Morgan fingerprint density at radius 1 is 0.765 bits per heavy atom. The maximum absolute atomic E-state index is 11.0. The van der Waals surface area contributed by atoms with Gasteiger partial charge in [-0.05, 0) is 25.0 Å². The van der Waals surface area contributed by atoms with Crippen LogP contribution >= 0.6 is 22.7 Å². The molecule has 0 saturated carbocycles. The van der Waals surface area contributed by atoms with Crippen molar-refractivity contribution in [3.8, 4) is 0 Å². The molecule has 0 spiro atoms. The molecular weight excluding hydrogens is 820 g/mol. The molecule has 0 fully saturated rings. The van der Waals surface area contributed by atoms with Gasteiger partial charge < -0.3 is 43.1 Å². The van der Waals surface area contributed by atoms with Gasteiger partial charge in [0.25, 0.3) is 11.8 Å². The van der Waals surface area contributed by atoms with E-state index in [1.165, 1.54) is 22.7 Å². The quantitative estimate of drug-likeness (QED) is 0.240. The van der Waals surface area contributed by atoms with Gasteiger partial charge in [0.05, 0.1) is 11.3 Å². The molecule has 34 heavy (non-hydrogen) atoms. The maximum atomic E-state index is 11.0. The summed E-state index contributed by atoms with van der Waals surface area (Å²) in [4.78, 5) is 45.4. The number of hydrogen-bond acceptors (Lipinski definition) is 6. The Morgan fingerprint density at radius 3 is 1.56 bits per heavy atom. The summed E-state index contributed by atoms with van der Waals surface area (Å²) in [5.74, 6) is -1.12. The van der Waals surface area contributed by atoms with Gasteiger partial charge in [0.2, 0.25) is 0 Å². The molecule has 10 N–H and O–H groups in total. The van der Waals surface area contributed by atoms with Crippen LogP contribution in [0.2, 0.25) is 0 Å². The van der Waals surface area contributed by atoms with Crippen LogP contribution in [0.15, 0.2) is 12.1 Å². The van der Waals surface area contributed by atoms with Crippen molar-refractivity contribution in [2.45, 2.75) is 41.5 Å². The summed E-state index contributed by atoms with van der Waals surface area (Å²) in [7, 11) is 0. The third-order valence-corrected chi connectivity index (χ3v) is 5.74. The van der Waals surface area contributed by atoms with E-state index < -0.39 is 23.9 Å². The van der Waals surface area contributed by atoms with E-state index in [9.17, 15) is 19.2 Å². The van der Waals surface area contributed by atoms with Crippen molar-refractivity contribution in [2.75, 3.05) is 10.6 Å². The smallest absolute Gasteiger partial charge is 0.317 e. The summed E-state index contributed by atoms with van der Waals surface area (Å²) in [6, 6.07) is 1.97. The van der Waals surface area contributed by atoms with E-state index in [4.69, 9.17) is 22.9 Å². The minimum absolute atomic E-state index is 0. The number of nitrogens with two attached hydrogens (primary N) is 4. The summed E-state index contributed by atoms with van der Waals surface area (Å²) in [6.07, 6.45) is 1.57. The fourth-order valence-corrected chi connectivity index (χ4v) is 3.94. The summed E-state index contributed by atoms with van der Waals surface area (Å²) in [5.41, 5.74) is 20.9. The van der Waals surface area contributed by atoms with Crippen molar-refractivity contribution in [3.63, 3.8) is 0 Å². The minimum Gasteiger partial charge on any atom is -0.366 e. The van der Waals surface area contributed by atoms with Gasteiger partial charge in [-0.3, -0.25) is 14.9 Å². The number of anilines is 2. The van der Waals surface area contributed by atoms with E-state index in [1.807, 2.05) is 13.8 Å². The zero-order chi connectivity index (χ0) is 21.4. The number of hydrogen-bond donors (Lipinski definition) is 6. The molecular formula is C20H36N6O4S2W2-2. The van der Waals surface area contributed by atoms with E-state index >= 15 is 0 Å². The zero-order valence-electron chi connectivity index (χ0n) is 18.1. The Hall–Kier alpha value is -1.74. The Kier molecular flexibility index (Phi) is 29.3. The van der Waals surface area contributed by atoms with Gasteiger partial charge in [-0.1, -0.05) is 28.7 Å². The Morgan fingerprint density at radius 2 is 1.21 bits per heavy atom. The van der Waals surface area contributed by atoms with Crippen LogP contribution in [0.25, 0.3) is 0 Å². The third kappa shape index (κ3) is 14.5. The van der Waals surface area contributed by atoms with Crippen LogP contribution in [0.3, 0.4) is 0 Å². The molecule has 0 aromatic carbocycles. The SMILES string of the molecule is C.C.CCc1cc(C(N)=O)c(NC(N)=O)s1.CCc1cc(NC(N)=O)c(C(N)=O)s1.[CH3-].[CH3-].[W].[W]. The fourth-order valence-electron chi connectivity index (χ4n) is 2.03. The van der Waals surface area contributed by atoms with Crippen LogP contribution in [0, 0.1) is 14.9 Å². The van der Waals surface area contributed by atoms with Crippen molar-refractivity contribution >= 4 is 57.2 Å². The number of thiophene rings is 2. The number of aryl methyl sites for hydroxylation is 2. The molecule has 0 radical (unpaired) electrons. The summed E-state index contributed by atoms with van der Waals surface area (Å²) in [6.45, 7) is 3.90. The minimum atomic E-state index is -0.701. The van der Waals surface area contributed by atoms with Crippen LogP contribution < -0.4 is 33.6 Å². The number of primary amides is 4. The van der Waals surface area contributed by atoms with Gasteiger partial charge in [-0.15, -0.1) is 22.7 Å². The van der Waals surface area contributed by atoms with Gasteiger partial charge in [-0.2, -0.15) is 0 Å². The van der Waals surface area contributed by atoms with Gasteiger partial charge in [-0.25, -0.2) is 9.59 Å². The van der Waals surface area contributed by atoms with E-state index in [1.54, 1.807) is 12.1 Å². The average molecular weight is 856 g/mol. The first-order valence-electron chi connectivity index (χ1n) is 8.06. The first-order chi connectivity index (χ1) is 13.1. The van der Waals surface area contributed by atoms with Crippen LogP contribution in [0.1, 0.15) is 58.5 Å². The van der Waals surface area contributed by atoms with E-state index in [0.29, 0.717) is 21.1 Å². The molecule has 0 aliphatic carbocycles. The second kappa shape index (κ2) is 21.8. The van der Waals surface area contributed by atoms with Gasteiger partial charge in [0, 0.05) is 51.9 Å².